The molecule has 1 aliphatic heterocycles. The van der Waals surface area contributed by atoms with E-state index in [0.29, 0.717) is 4.90 Å². The fraction of sp³-hybridized carbons (Fsp3) is 0.471. The Bertz CT molecular complexity index is 890. The summed E-state index contributed by atoms with van der Waals surface area (Å²) in [5.41, 5.74) is -2.70. The first-order valence-electron chi connectivity index (χ1n) is 8.20. The number of rotatable bonds is 2. The van der Waals surface area contributed by atoms with E-state index < -0.39 is 41.7 Å². The molecule has 1 aromatic heterocycles. The van der Waals surface area contributed by atoms with Gasteiger partial charge in [-0.15, -0.1) is 0 Å². The minimum absolute atomic E-state index is 0.109. The van der Waals surface area contributed by atoms with Crippen molar-refractivity contribution in [1.29, 1.82) is 0 Å². The number of alkyl halides is 3. The zero-order valence-corrected chi connectivity index (χ0v) is 15.5. The molecule has 1 aromatic carbocycles. The summed E-state index contributed by atoms with van der Waals surface area (Å²) in [7, 11) is 0.193. The summed E-state index contributed by atoms with van der Waals surface area (Å²) in [6.07, 6.45) is -6.05. The average Bonchev–Trinajstić information content (AvgIpc) is 3.02. The van der Waals surface area contributed by atoms with Gasteiger partial charge in [0.05, 0.1) is 16.8 Å². The van der Waals surface area contributed by atoms with Crippen LogP contribution < -0.4 is 10.4 Å². The first-order chi connectivity index (χ1) is 12.2. The van der Waals surface area contributed by atoms with E-state index in [4.69, 9.17) is 18.8 Å². The number of anilines is 1. The molecule has 0 bridgehead atoms. The minimum atomic E-state index is -4.70. The molecular formula is C17H19BF3NO5. The normalized spacial score (nSPS) is 18.9. The van der Waals surface area contributed by atoms with Crippen molar-refractivity contribution >= 4 is 35.5 Å². The van der Waals surface area contributed by atoms with Crippen molar-refractivity contribution in [3.05, 3.63) is 23.8 Å². The molecular weight excluding hydrogens is 366 g/mol. The summed E-state index contributed by atoms with van der Waals surface area (Å²) in [6.45, 7) is 7.20. The summed E-state index contributed by atoms with van der Waals surface area (Å²) in [6, 6.07) is 3.61. The molecule has 1 saturated heterocycles. The summed E-state index contributed by atoms with van der Waals surface area (Å²) in [4.78, 5) is 11.8. The number of carboxylic acid groups (broad SMARTS) is 1. The maximum Gasteiger partial charge on any atom is 0.494 e. The number of nitrogens with zero attached hydrogens (tertiary/aromatic N) is 1. The largest absolute Gasteiger partial charge is 0.494 e. The van der Waals surface area contributed by atoms with E-state index in [9.17, 15) is 18.0 Å². The number of amides is 1. The molecule has 0 aliphatic carbocycles. The van der Waals surface area contributed by atoms with Crippen molar-refractivity contribution < 1.29 is 36.8 Å². The monoisotopic (exact) mass is 385 g/mol. The molecule has 1 fully saturated rings. The molecule has 6 nitrogen and oxygen atoms in total. The van der Waals surface area contributed by atoms with Gasteiger partial charge in [-0.05, 0) is 39.2 Å². The number of hydrogen-bond donors (Lipinski definition) is 1. The average molecular weight is 385 g/mol. The van der Waals surface area contributed by atoms with Gasteiger partial charge in [-0.2, -0.15) is 13.2 Å². The lowest BCUT2D eigenvalue weighted by Gasteiger charge is -2.32. The zero-order chi connectivity index (χ0) is 20.4. The first kappa shape index (κ1) is 19.6. The Labute approximate surface area is 154 Å². The molecule has 146 valence electrons. The fourth-order valence-corrected chi connectivity index (χ4v) is 2.75. The maximum atomic E-state index is 13.6. The van der Waals surface area contributed by atoms with E-state index >= 15 is 0 Å². The molecule has 1 amide bonds. The van der Waals surface area contributed by atoms with Gasteiger partial charge in [0, 0.05) is 18.5 Å². The third-order valence-electron chi connectivity index (χ3n) is 5.07. The van der Waals surface area contributed by atoms with Gasteiger partial charge in [0.15, 0.2) is 0 Å². The third kappa shape index (κ3) is 3.27. The third-order valence-corrected chi connectivity index (χ3v) is 5.07. The zero-order valence-electron chi connectivity index (χ0n) is 15.5. The van der Waals surface area contributed by atoms with Gasteiger partial charge in [-0.25, -0.2) is 4.79 Å². The van der Waals surface area contributed by atoms with Gasteiger partial charge in [0.25, 0.3) is 0 Å². The predicted octanol–water partition coefficient (Wildman–Crippen LogP) is 3.87. The molecule has 0 radical (unpaired) electrons. The van der Waals surface area contributed by atoms with E-state index in [0.717, 1.165) is 6.07 Å². The lowest BCUT2D eigenvalue weighted by molar-refractivity contribution is -0.136. The number of hydrogen-bond acceptors (Lipinski definition) is 4. The second-order valence-corrected chi connectivity index (χ2v) is 7.50. The van der Waals surface area contributed by atoms with E-state index in [1.807, 2.05) is 0 Å². The van der Waals surface area contributed by atoms with Crippen molar-refractivity contribution in [3.8, 4) is 0 Å². The highest BCUT2D eigenvalue weighted by molar-refractivity contribution is 6.62. The quantitative estimate of drug-likeness (QED) is 0.795. The molecule has 2 heterocycles. The molecule has 0 spiro atoms. The van der Waals surface area contributed by atoms with Gasteiger partial charge < -0.3 is 18.8 Å². The molecule has 27 heavy (non-hydrogen) atoms. The van der Waals surface area contributed by atoms with Crippen LogP contribution >= 0.6 is 0 Å². The van der Waals surface area contributed by atoms with Crippen LogP contribution in [0.3, 0.4) is 0 Å². The van der Waals surface area contributed by atoms with Crippen molar-refractivity contribution in [2.45, 2.75) is 45.1 Å². The van der Waals surface area contributed by atoms with E-state index in [1.54, 1.807) is 27.7 Å². The van der Waals surface area contributed by atoms with Crippen LogP contribution in [0.15, 0.2) is 22.6 Å². The van der Waals surface area contributed by atoms with Crippen LogP contribution in [0.1, 0.15) is 33.3 Å². The molecule has 0 saturated carbocycles. The van der Waals surface area contributed by atoms with Crippen LogP contribution in [0.5, 0.6) is 0 Å². The first-order valence-corrected chi connectivity index (χ1v) is 8.20. The topological polar surface area (TPSA) is 72.1 Å². The van der Waals surface area contributed by atoms with Crippen molar-refractivity contribution in [2.75, 3.05) is 11.9 Å². The van der Waals surface area contributed by atoms with Crippen LogP contribution in [0.2, 0.25) is 0 Å². The lowest BCUT2D eigenvalue weighted by Crippen LogP contribution is -2.41. The van der Waals surface area contributed by atoms with Crippen molar-refractivity contribution in [3.63, 3.8) is 0 Å². The highest BCUT2D eigenvalue weighted by Gasteiger charge is 2.52. The number of benzene rings is 1. The van der Waals surface area contributed by atoms with Gasteiger partial charge in [0.2, 0.25) is 5.88 Å². The summed E-state index contributed by atoms with van der Waals surface area (Å²) < 4.78 is 57.6. The SMILES string of the molecule is CN(C(=O)O)c1cc2cc(B3OC(C)(C)C(C)(C)O3)cc(C(F)(F)F)c2o1. The van der Waals surface area contributed by atoms with Crippen LogP contribution in [0.4, 0.5) is 23.8 Å². The summed E-state index contributed by atoms with van der Waals surface area (Å²) in [5.74, 6) is -0.214. The van der Waals surface area contributed by atoms with Crippen LogP contribution in [-0.2, 0) is 15.5 Å². The van der Waals surface area contributed by atoms with Crippen LogP contribution in [-0.4, -0.2) is 36.6 Å². The minimum Gasteiger partial charge on any atom is -0.465 e. The number of halogens is 3. The van der Waals surface area contributed by atoms with E-state index in [1.165, 1.54) is 19.2 Å². The smallest absolute Gasteiger partial charge is 0.465 e. The number of carbonyl (C=O) groups is 1. The molecule has 3 rings (SSSR count). The highest BCUT2D eigenvalue weighted by Crippen LogP contribution is 2.40. The standard InChI is InChI=1S/C17H19BF3NO5/c1-15(2)16(3,4)27-18(26-15)10-6-9-7-12(22(5)14(23)24)25-13(9)11(8-10)17(19,20)21/h6-8H,1-5H3,(H,23,24). The van der Waals surface area contributed by atoms with Gasteiger partial charge in [0.1, 0.15) is 5.58 Å². The van der Waals surface area contributed by atoms with Gasteiger partial charge >= 0.3 is 19.4 Å². The Morgan fingerprint density at radius 1 is 1.11 bits per heavy atom. The van der Waals surface area contributed by atoms with E-state index in [2.05, 4.69) is 0 Å². The van der Waals surface area contributed by atoms with Crippen molar-refractivity contribution in [1.82, 2.24) is 0 Å². The number of furan rings is 1. The lowest BCUT2D eigenvalue weighted by atomic mass is 9.77. The molecule has 0 unspecified atom stereocenters. The number of fused-ring (bicyclic) bond motifs is 1. The molecule has 10 heteroatoms. The Hall–Kier alpha value is -2.20. The summed E-state index contributed by atoms with van der Waals surface area (Å²) >= 11 is 0. The Balaban J connectivity index is 2.15. The second-order valence-electron chi connectivity index (χ2n) is 7.50. The van der Waals surface area contributed by atoms with Crippen LogP contribution in [0, 0.1) is 0 Å². The Morgan fingerprint density at radius 2 is 1.67 bits per heavy atom. The Morgan fingerprint density at radius 3 is 2.15 bits per heavy atom. The second kappa shape index (κ2) is 5.90. The molecule has 0 atom stereocenters. The van der Waals surface area contributed by atoms with Crippen LogP contribution in [0.25, 0.3) is 11.0 Å². The molecule has 1 N–H and O–H groups in total. The maximum absolute atomic E-state index is 13.6. The van der Waals surface area contributed by atoms with Gasteiger partial charge in [-0.1, -0.05) is 6.07 Å². The Kier molecular flexibility index (Phi) is 4.28. The highest BCUT2D eigenvalue weighted by atomic mass is 19.4. The molecule has 2 aromatic rings. The molecule has 1 aliphatic rings. The predicted molar refractivity (Wildman–Crippen MR) is 93.4 cm³/mol. The van der Waals surface area contributed by atoms with Gasteiger partial charge in [-0.3, -0.25) is 4.90 Å². The fourth-order valence-electron chi connectivity index (χ4n) is 2.75. The van der Waals surface area contributed by atoms with Crippen molar-refractivity contribution in [2.24, 2.45) is 0 Å². The summed E-state index contributed by atoms with van der Waals surface area (Å²) in [5, 5.41) is 9.14. The van der Waals surface area contributed by atoms with E-state index in [-0.39, 0.29) is 16.7 Å².